The van der Waals surface area contributed by atoms with E-state index in [1.54, 1.807) is 11.2 Å². The van der Waals surface area contributed by atoms with Crippen molar-refractivity contribution >= 4 is 10.0 Å². The van der Waals surface area contributed by atoms with Crippen LogP contribution in [0.3, 0.4) is 0 Å². The summed E-state index contributed by atoms with van der Waals surface area (Å²) in [5.41, 5.74) is 6.95. The minimum Gasteiger partial charge on any atom is -0.326 e. The Balaban J connectivity index is 3.21. The second-order valence-electron chi connectivity index (χ2n) is 5.06. The van der Waals surface area contributed by atoms with Crippen LogP contribution in [0.15, 0.2) is 5.03 Å². The van der Waals surface area contributed by atoms with Gasteiger partial charge >= 0.3 is 0 Å². The molecule has 0 fully saturated rings. The van der Waals surface area contributed by atoms with Crippen molar-refractivity contribution in [2.75, 3.05) is 6.54 Å². The normalized spacial score (nSPS) is 13.9. The highest BCUT2D eigenvalue weighted by Gasteiger charge is 2.32. The smallest absolute Gasteiger partial charge is 0.262 e. The molecule has 0 bridgehead atoms. The van der Waals surface area contributed by atoms with E-state index in [4.69, 9.17) is 5.73 Å². The Bertz CT molecular complexity index is 524. The molecule has 0 aromatic carbocycles. The number of hydrogen-bond acceptors (Lipinski definition) is 4. The third-order valence-corrected chi connectivity index (χ3v) is 5.59. The minimum absolute atomic E-state index is 0.0471. The van der Waals surface area contributed by atoms with Crippen molar-refractivity contribution in [3.8, 4) is 0 Å². The third kappa shape index (κ3) is 3.39. The van der Waals surface area contributed by atoms with Crippen LogP contribution in [-0.4, -0.2) is 35.5 Å². The first-order chi connectivity index (χ1) is 9.39. The van der Waals surface area contributed by atoms with Crippen LogP contribution >= 0.6 is 0 Å². The van der Waals surface area contributed by atoms with E-state index < -0.39 is 10.0 Å². The van der Waals surface area contributed by atoms with Gasteiger partial charge in [-0.2, -0.15) is 9.40 Å². The van der Waals surface area contributed by atoms with Gasteiger partial charge in [-0.25, -0.2) is 8.42 Å². The van der Waals surface area contributed by atoms with Gasteiger partial charge in [0.1, 0.15) is 0 Å². The second-order valence-corrected chi connectivity index (χ2v) is 6.87. The summed E-state index contributed by atoms with van der Waals surface area (Å²) in [5, 5.41) is 6.77. The lowest BCUT2D eigenvalue weighted by atomic mass is 10.2. The second kappa shape index (κ2) is 7.19. The summed E-state index contributed by atoms with van der Waals surface area (Å²) in [7, 11) is -3.60. The van der Waals surface area contributed by atoms with E-state index >= 15 is 0 Å². The SMILES string of the molecule is CCCCN(C(C)CC)S(=O)(=O)c1n[nH]c(C)c1CN. The van der Waals surface area contributed by atoms with Crippen molar-refractivity contribution in [1.29, 1.82) is 0 Å². The zero-order chi connectivity index (χ0) is 15.3. The number of nitrogens with zero attached hydrogens (tertiary/aromatic N) is 2. The number of unbranched alkanes of at least 4 members (excludes halogenated alkanes) is 1. The van der Waals surface area contributed by atoms with Crippen molar-refractivity contribution in [3.05, 3.63) is 11.3 Å². The van der Waals surface area contributed by atoms with Gasteiger partial charge in [0.05, 0.1) is 0 Å². The maximum absolute atomic E-state index is 12.8. The van der Waals surface area contributed by atoms with Crippen LogP contribution in [0.5, 0.6) is 0 Å². The van der Waals surface area contributed by atoms with Crippen LogP contribution in [0.2, 0.25) is 0 Å². The quantitative estimate of drug-likeness (QED) is 0.765. The largest absolute Gasteiger partial charge is 0.326 e. The molecule has 0 radical (unpaired) electrons. The van der Waals surface area contributed by atoms with Gasteiger partial charge in [0.2, 0.25) is 0 Å². The van der Waals surface area contributed by atoms with Crippen LogP contribution in [0, 0.1) is 6.92 Å². The first-order valence-corrected chi connectivity index (χ1v) is 8.59. The van der Waals surface area contributed by atoms with E-state index in [-0.39, 0.29) is 17.6 Å². The van der Waals surface area contributed by atoms with Gasteiger partial charge in [0.15, 0.2) is 5.03 Å². The van der Waals surface area contributed by atoms with Crippen LogP contribution in [-0.2, 0) is 16.6 Å². The van der Waals surface area contributed by atoms with E-state index in [2.05, 4.69) is 10.2 Å². The summed E-state index contributed by atoms with van der Waals surface area (Å²) in [6.07, 6.45) is 2.56. The van der Waals surface area contributed by atoms with Crippen molar-refractivity contribution in [2.24, 2.45) is 5.73 Å². The number of nitrogens with one attached hydrogen (secondary N) is 1. The molecule has 1 unspecified atom stereocenters. The number of rotatable bonds is 8. The molecule has 0 amide bonds. The van der Waals surface area contributed by atoms with Crippen LogP contribution in [0.1, 0.15) is 51.3 Å². The highest BCUT2D eigenvalue weighted by Crippen LogP contribution is 2.23. The summed E-state index contributed by atoms with van der Waals surface area (Å²) in [6.45, 7) is 8.43. The number of aromatic nitrogens is 2. The lowest BCUT2D eigenvalue weighted by molar-refractivity contribution is 0.323. The van der Waals surface area contributed by atoms with Gasteiger partial charge in [0.25, 0.3) is 10.0 Å². The Hall–Kier alpha value is -0.920. The summed E-state index contributed by atoms with van der Waals surface area (Å²) in [6, 6.07) is -0.0471. The highest BCUT2D eigenvalue weighted by atomic mass is 32.2. The summed E-state index contributed by atoms with van der Waals surface area (Å²) < 4.78 is 27.2. The summed E-state index contributed by atoms with van der Waals surface area (Å²) >= 11 is 0. The van der Waals surface area contributed by atoms with Crippen molar-refractivity contribution in [3.63, 3.8) is 0 Å². The molecule has 20 heavy (non-hydrogen) atoms. The molecular formula is C13H26N4O2S. The van der Waals surface area contributed by atoms with Gasteiger partial charge in [-0.3, -0.25) is 5.10 Å². The zero-order valence-corrected chi connectivity index (χ0v) is 13.6. The molecule has 6 nitrogen and oxygen atoms in total. The van der Waals surface area contributed by atoms with Gasteiger partial charge in [-0.1, -0.05) is 20.3 Å². The van der Waals surface area contributed by atoms with E-state index in [1.165, 1.54) is 0 Å². The molecule has 0 aliphatic rings. The monoisotopic (exact) mass is 302 g/mol. The van der Waals surface area contributed by atoms with Crippen LogP contribution < -0.4 is 5.73 Å². The molecular weight excluding hydrogens is 276 g/mol. The molecule has 1 aromatic rings. The number of aromatic amines is 1. The zero-order valence-electron chi connectivity index (χ0n) is 12.8. The molecule has 116 valence electrons. The molecule has 0 saturated heterocycles. The molecule has 1 heterocycles. The van der Waals surface area contributed by atoms with E-state index in [1.807, 2.05) is 20.8 Å². The van der Waals surface area contributed by atoms with Crippen LogP contribution in [0.25, 0.3) is 0 Å². The average molecular weight is 302 g/mol. The lowest BCUT2D eigenvalue weighted by Gasteiger charge is -2.27. The van der Waals surface area contributed by atoms with Crippen molar-refractivity contribution in [1.82, 2.24) is 14.5 Å². The molecule has 1 atom stereocenters. The fourth-order valence-electron chi connectivity index (χ4n) is 2.09. The summed E-state index contributed by atoms with van der Waals surface area (Å²) in [5.74, 6) is 0. The number of hydrogen-bond donors (Lipinski definition) is 2. The predicted molar refractivity (Wildman–Crippen MR) is 79.8 cm³/mol. The van der Waals surface area contributed by atoms with E-state index in [9.17, 15) is 8.42 Å². The lowest BCUT2D eigenvalue weighted by Crippen LogP contribution is -2.39. The predicted octanol–water partition coefficient (Wildman–Crippen LogP) is 1.77. The average Bonchev–Trinajstić information content (AvgIpc) is 2.80. The Morgan fingerprint density at radius 1 is 1.40 bits per heavy atom. The Kier molecular flexibility index (Phi) is 6.16. The third-order valence-electron chi connectivity index (χ3n) is 3.61. The fraction of sp³-hybridized carbons (Fsp3) is 0.769. The molecule has 0 aliphatic heterocycles. The molecule has 0 aliphatic carbocycles. The van der Waals surface area contributed by atoms with Gasteiger partial charge in [-0.05, 0) is 26.7 Å². The summed E-state index contributed by atoms with van der Waals surface area (Å²) in [4.78, 5) is 0. The standard InChI is InChI=1S/C13H26N4O2S/c1-5-7-8-17(10(3)6-2)20(18,19)13-12(9-14)11(4)15-16-13/h10H,5-9,14H2,1-4H3,(H,15,16). The van der Waals surface area contributed by atoms with Crippen molar-refractivity contribution < 1.29 is 8.42 Å². The fourth-order valence-corrected chi connectivity index (χ4v) is 4.01. The van der Waals surface area contributed by atoms with Gasteiger partial charge in [-0.15, -0.1) is 0 Å². The maximum atomic E-state index is 12.8. The van der Waals surface area contributed by atoms with Crippen molar-refractivity contribution in [2.45, 2.75) is 64.6 Å². The van der Waals surface area contributed by atoms with Gasteiger partial charge in [0, 0.05) is 30.4 Å². The number of nitrogens with two attached hydrogens (primary N) is 1. The minimum atomic E-state index is -3.60. The Labute approximate surface area is 121 Å². The first kappa shape index (κ1) is 17.1. The van der Waals surface area contributed by atoms with Gasteiger partial charge < -0.3 is 5.73 Å². The number of H-pyrrole nitrogens is 1. The first-order valence-electron chi connectivity index (χ1n) is 7.15. The molecule has 1 rings (SSSR count). The maximum Gasteiger partial charge on any atom is 0.262 e. The number of aryl methyl sites for hydroxylation is 1. The molecule has 0 spiro atoms. The Morgan fingerprint density at radius 2 is 2.05 bits per heavy atom. The molecule has 1 aromatic heterocycles. The topological polar surface area (TPSA) is 92.1 Å². The number of sulfonamides is 1. The van der Waals surface area contributed by atoms with E-state index in [0.717, 1.165) is 19.3 Å². The molecule has 3 N–H and O–H groups in total. The van der Waals surface area contributed by atoms with E-state index in [0.29, 0.717) is 17.8 Å². The highest BCUT2D eigenvalue weighted by molar-refractivity contribution is 7.89. The molecule has 7 heteroatoms. The molecule has 0 saturated carbocycles. The van der Waals surface area contributed by atoms with Crippen LogP contribution in [0.4, 0.5) is 0 Å². The Morgan fingerprint density at radius 3 is 2.55 bits per heavy atom.